The summed E-state index contributed by atoms with van der Waals surface area (Å²) in [5, 5.41) is 0. The highest BCUT2D eigenvalue weighted by molar-refractivity contribution is 6.04. The van der Waals surface area contributed by atoms with Crippen LogP contribution < -0.4 is 4.90 Å². The molecule has 2 nitrogen and oxygen atoms in total. The zero-order chi connectivity index (χ0) is 18.7. The first-order valence-electron chi connectivity index (χ1n) is 9.28. The largest absolute Gasteiger partial charge is 0.359 e. The van der Waals surface area contributed by atoms with Crippen molar-refractivity contribution < 1.29 is 0 Å². The van der Waals surface area contributed by atoms with Gasteiger partial charge in [-0.05, 0) is 35.5 Å². The van der Waals surface area contributed by atoms with E-state index in [9.17, 15) is 0 Å². The highest BCUT2D eigenvalue weighted by Gasteiger charge is 2.27. The number of anilines is 1. The van der Waals surface area contributed by atoms with Crippen LogP contribution in [-0.4, -0.2) is 24.8 Å². The Labute approximate surface area is 154 Å². The molecule has 1 atom stereocenters. The molecule has 0 aromatic heterocycles. The summed E-state index contributed by atoms with van der Waals surface area (Å²) in [5.74, 6) is 0. The molecular weight excluding hydrogens is 304 g/mol. The minimum Gasteiger partial charge on any atom is -0.359 e. The molecule has 0 spiro atoms. The van der Waals surface area contributed by atoms with Gasteiger partial charge in [-0.1, -0.05) is 78.0 Å². The van der Waals surface area contributed by atoms with Crippen LogP contribution in [-0.2, 0) is 0 Å². The second-order valence-corrected chi connectivity index (χ2v) is 9.47. The summed E-state index contributed by atoms with van der Waals surface area (Å²) < 4.78 is 0. The minimum absolute atomic E-state index is 0.188. The van der Waals surface area contributed by atoms with E-state index in [4.69, 9.17) is 4.99 Å². The summed E-state index contributed by atoms with van der Waals surface area (Å²) >= 11 is 0. The number of para-hydroxylation sites is 1. The van der Waals surface area contributed by atoms with E-state index in [1.807, 2.05) is 0 Å². The van der Waals surface area contributed by atoms with Crippen LogP contribution >= 0.6 is 0 Å². The first-order chi connectivity index (χ1) is 11.6. The molecule has 0 amide bonds. The van der Waals surface area contributed by atoms with Crippen molar-refractivity contribution in [1.82, 2.24) is 0 Å². The second kappa shape index (κ2) is 7.59. The summed E-state index contributed by atoms with van der Waals surface area (Å²) in [6, 6.07) is 8.85. The highest BCUT2D eigenvalue weighted by atomic mass is 15.2. The van der Waals surface area contributed by atoms with Crippen molar-refractivity contribution in [3.05, 3.63) is 54.1 Å². The van der Waals surface area contributed by atoms with E-state index in [1.165, 1.54) is 11.3 Å². The van der Waals surface area contributed by atoms with E-state index in [1.54, 1.807) is 0 Å². The van der Waals surface area contributed by atoms with Crippen LogP contribution in [0.2, 0.25) is 0 Å². The number of aryl methyl sites for hydroxylation is 1. The van der Waals surface area contributed by atoms with E-state index >= 15 is 0 Å². The molecule has 0 bridgehead atoms. The third-order valence-corrected chi connectivity index (χ3v) is 4.12. The van der Waals surface area contributed by atoms with Crippen molar-refractivity contribution in [3.63, 3.8) is 0 Å². The molecule has 0 N–H and O–H groups in total. The molecule has 0 heterocycles. The van der Waals surface area contributed by atoms with Crippen molar-refractivity contribution in [2.75, 3.05) is 18.0 Å². The Morgan fingerprint density at radius 3 is 2.24 bits per heavy atom. The lowest BCUT2D eigenvalue weighted by Gasteiger charge is -2.38. The van der Waals surface area contributed by atoms with Crippen molar-refractivity contribution >= 4 is 11.4 Å². The minimum atomic E-state index is 0.188. The van der Waals surface area contributed by atoms with Gasteiger partial charge in [-0.25, -0.2) is 0 Å². The van der Waals surface area contributed by atoms with Crippen LogP contribution in [0.3, 0.4) is 0 Å². The first-order valence-corrected chi connectivity index (χ1v) is 9.28. The molecule has 136 valence electrons. The topological polar surface area (TPSA) is 15.6 Å². The molecule has 0 saturated heterocycles. The fourth-order valence-electron chi connectivity index (χ4n) is 2.99. The molecule has 0 radical (unpaired) electrons. The molecule has 0 fully saturated rings. The van der Waals surface area contributed by atoms with Crippen LogP contribution in [0.1, 0.15) is 47.1 Å². The number of hydrogen-bond donors (Lipinski definition) is 0. The molecule has 2 heteroatoms. The number of aliphatic imine (C=N–C) groups is 1. The molecule has 0 saturated carbocycles. The fraction of sp³-hybridized carbons (Fsp3) is 0.522. The van der Waals surface area contributed by atoms with Gasteiger partial charge in [0.2, 0.25) is 0 Å². The second-order valence-electron chi connectivity index (χ2n) is 9.47. The van der Waals surface area contributed by atoms with Crippen LogP contribution in [0, 0.1) is 17.8 Å². The fourth-order valence-corrected chi connectivity index (χ4v) is 2.99. The molecule has 1 aliphatic rings. The summed E-state index contributed by atoms with van der Waals surface area (Å²) in [6.45, 7) is 17.6. The van der Waals surface area contributed by atoms with Crippen LogP contribution in [0.4, 0.5) is 5.69 Å². The molecule has 1 aromatic rings. The van der Waals surface area contributed by atoms with E-state index in [0.29, 0.717) is 0 Å². The standard InChI is InChI=1S/C23H34N2/c1-18-12-8-10-14-20(18)25(17-23(5,6)7)21-15-11-9-13-19(21)24-16-22(2,3)4/h8-15,21H,16-17H2,1-7H3/b24-19+. The van der Waals surface area contributed by atoms with Crippen molar-refractivity contribution in [3.8, 4) is 0 Å². The Morgan fingerprint density at radius 2 is 1.64 bits per heavy atom. The normalized spacial score (nSPS) is 19.5. The summed E-state index contributed by atoms with van der Waals surface area (Å²) in [6.07, 6.45) is 8.70. The maximum Gasteiger partial charge on any atom is 0.0896 e. The van der Waals surface area contributed by atoms with Gasteiger partial charge in [0.05, 0.1) is 11.8 Å². The Hall–Kier alpha value is -1.83. The SMILES string of the molecule is Cc1ccccc1N(CC(C)(C)C)C1C=CC=C/C1=N\CC(C)(C)C. The maximum atomic E-state index is 4.98. The molecule has 2 rings (SSSR count). The molecular formula is C23H34N2. The number of allylic oxidation sites excluding steroid dienone is 2. The van der Waals surface area contributed by atoms with E-state index in [2.05, 4.69) is 102 Å². The Balaban J connectivity index is 2.42. The Morgan fingerprint density at radius 1 is 0.960 bits per heavy atom. The summed E-state index contributed by atoms with van der Waals surface area (Å²) in [5.41, 5.74) is 4.16. The molecule has 1 unspecified atom stereocenters. The van der Waals surface area contributed by atoms with Gasteiger partial charge in [0.1, 0.15) is 0 Å². The van der Waals surface area contributed by atoms with Gasteiger partial charge in [0.25, 0.3) is 0 Å². The third kappa shape index (κ3) is 5.88. The molecule has 0 aliphatic heterocycles. The lowest BCUT2D eigenvalue weighted by molar-refractivity contribution is 0.408. The van der Waals surface area contributed by atoms with E-state index in [0.717, 1.165) is 18.8 Å². The predicted molar refractivity (Wildman–Crippen MR) is 112 cm³/mol. The van der Waals surface area contributed by atoms with Gasteiger partial charge < -0.3 is 4.90 Å². The van der Waals surface area contributed by atoms with Gasteiger partial charge in [-0.2, -0.15) is 0 Å². The number of rotatable bonds is 4. The molecule has 1 aromatic carbocycles. The lowest BCUT2D eigenvalue weighted by atomic mass is 9.92. The van der Waals surface area contributed by atoms with Gasteiger partial charge >= 0.3 is 0 Å². The molecule has 25 heavy (non-hydrogen) atoms. The quantitative estimate of drug-likeness (QED) is 0.674. The van der Waals surface area contributed by atoms with Crippen LogP contribution in [0.15, 0.2) is 53.6 Å². The van der Waals surface area contributed by atoms with Gasteiger partial charge in [-0.15, -0.1) is 0 Å². The predicted octanol–water partition coefficient (Wildman–Crippen LogP) is 5.83. The summed E-state index contributed by atoms with van der Waals surface area (Å²) in [4.78, 5) is 7.49. The van der Waals surface area contributed by atoms with Crippen molar-refractivity contribution in [1.29, 1.82) is 0 Å². The van der Waals surface area contributed by atoms with Gasteiger partial charge in [0, 0.05) is 18.8 Å². The van der Waals surface area contributed by atoms with Crippen molar-refractivity contribution in [2.45, 2.75) is 54.5 Å². The maximum absolute atomic E-state index is 4.98. The number of hydrogen-bond acceptors (Lipinski definition) is 2. The van der Waals surface area contributed by atoms with Gasteiger partial charge in [0.15, 0.2) is 0 Å². The van der Waals surface area contributed by atoms with Gasteiger partial charge in [-0.3, -0.25) is 4.99 Å². The highest BCUT2D eigenvalue weighted by Crippen LogP contribution is 2.29. The monoisotopic (exact) mass is 338 g/mol. The lowest BCUT2D eigenvalue weighted by Crippen LogP contribution is -2.45. The van der Waals surface area contributed by atoms with Crippen LogP contribution in [0.25, 0.3) is 0 Å². The number of benzene rings is 1. The average molecular weight is 339 g/mol. The third-order valence-electron chi connectivity index (χ3n) is 4.12. The Kier molecular flexibility index (Phi) is 5.92. The van der Waals surface area contributed by atoms with Crippen molar-refractivity contribution in [2.24, 2.45) is 15.8 Å². The smallest absolute Gasteiger partial charge is 0.0896 e. The zero-order valence-corrected chi connectivity index (χ0v) is 17.0. The zero-order valence-electron chi connectivity index (χ0n) is 17.0. The van der Waals surface area contributed by atoms with Crippen LogP contribution in [0.5, 0.6) is 0 Å². The molecule has 1 aliphatic carbocycles. The first kappa shape index (κ1) is 19.5. The Bertz CT molecular complexity index is 666. The van der Waals surface area contributed by atoms with E-state index < -0.39 is 0 Å². The summed E-state index contributed by atoms with van der Waals surface area (Å²) in [7, 11) is 0. The average Bonchev–Trinajstić information content (AvgIpc) is 2.50. The number of nitrogens with zero attached hydrogens (tertiary/aromatic N) is 2. The van der Waals surface area contributed by atoms with E-state index in [-0.39, 0.29) is 16.9 Å².